The molecular formula is C21H20N4O3S. The number of carbonyl (C=O) groups excluding carboxylic acids is 1. The van der Waals surface area contributed by atoms with Crippen molar-refractivity contribution in [2.45, 2.75) is 23.3 Å². The summed E-state index contributed by atoms with van der Waals surface area (Å²) in [5.74, 6) is 0.421. The van der Waals surface area contributed by atoms with Crippen LogP contribution in [0.3, 0.4) is 0 Å². The van der Waals surface area contributed by atoms with Gasteiger partial charge >= 0.3 is 0 Å². The first-order valence-corrected chi connectivity index (χ1v) is 10.3. The summed E-state index contributed by atoms with van der Waals surface area (Å²) in [6.07, 6.45) is 7.76. The number of nitrogens with zero attached hydrogens (tertiary/aromatic N) is 3. The number of amides is 1. The van der Waals surface area contributed by atoms with E-state index in [-0.39, 0.29) is 22.2 Å². The minimum atomic E-state index is -3.62. The van der Waals surface area contributed by atoms with Crippen LogP contribution in [0.4, 0.5) is 0 Å². The number of sulfone groups is 1. The number of hydrogen-bond donors (Lipinski definition) is 1. The third-order valence-electron chi connectivity index (χ3n) is 4.21. The summed E-state index contributed by atoms with van der Waals surface area (Å²) in [6.45, 7) is 5.64. The fraction of sp³-hybridized carbons (Fsp3) is 0.0952. The van der Waals surface area contributed by atoms with Gasteiger partial charge in [-0.05, 0) is 31.2 Å². The SMILES string of the molecule is C=CC(=Cn1ccnc1C)C(=O)NCc1ccc(S(=O)(=O)c2ccccc2)cn1. The summed E-state index contributed by atoms with van der Waals surface area (Å²) in [5, 5.41) is 2.75. The summed E-state index contributed by atoms with van der Waals surface area (Å²) in [5.41, 5.74) is 0.905. The Hall–Kier alpha value is -3.52. The lowest BCUT2D eigenvalue weighted by Crippen LogP contribution is -2.24. The lowest BCUT2D eigenvalue weighted by atomic mass is 10.2. The van der Waals surface area contributed by atoms with E-state index < -0.39 is 9.84 Å². The molecule has 1 N–H and O–H groups in total. The molecule has 2 aromatic heterocycles. The Morgan fingerprint density at radius 2 is 1.90 bits per heavy atom. The average molecular weight is 408 g/mol. The van der Waals surface area contributed by atoms with Crippen LogP contribution in [-0.4, -0.2) is 28.9 Å². The topological polar surface area (TPSA) is 94.0 Å². The molecule has 0 saturated carbocycles. The normalized spacial score (nSPS) is 11.8. The van der Waals surface area contributed by atoms with Crippen LogP contribution < -0.4 is 5.32 Å². The monoisotopic (exact) mass is 408 g/mol. The maximum absolute atomic E-state index is 12.6. The van der Waals surface area contributed by atoms with E-state index in [9.17, 15) is 13.2 Å². The van der Waals surface area contributed by atoms with Crippen molar-refractivity contribution in [1.82, 2.24) is 19.9 Å². The van der Waals surface area contributed by atoms with Crippen molar-refractivity contribution in [2.24, 2.45) is 0 Å². The molecule has 0 spiro atoms. The summed E-state index contributed by atoms with van der Waals surface area (Å²) in [4.78, 5) is 21.0. The van der Waals surface area contributed by atoms with Crippen molar-refractivity contribution in [3.8, 4) is 0 Å². The smallest absolute Gasteiger partial charge is 0.253 e. The van der Waals surface area contributed by atoms with Gasteiger partial charge in [0.1, 0.15) is 5.82 Å². The van der Waals surface area contributed by atoms with Crippen molar-refractivity contribution < 1.29 is 13.2 Å². The van der Waals surface area contributed by atoms with E-state index in [2.05, 4.69) is 21.9 Å². The van der Waals surface area contributed by atoms with Gasteiger partial charge in [-0.25, -0.2) is 13.4 Å². The Morgan fingerprint density at radius 1 is 1.14 bits per heavy atom. The van der Waals surface area contributed by atoms with Gasteiger partial charge in [-0.3, -0.25) is 9.78 Å². The summed E-state index contributed by atoms with van der Waals surface area (Å²) in [7, 11) is -3.62. The third-order valence-corrected chi connectivity index (χ3v) is 5.97. The van der Waals surface area contributed by atoms with Gasteiger partial charge in [0, 0.05) is 24.8 Å². The number of carbonyl (C=O) groups is 1. The summed E-state index contributed by atoms with van der Waals surface area (Å²) < 4.78 is 26.9. The van der Waals surface area contributed by atoms with Gasteiger partial charge in [0.15, 0.2) is 0 Å². The van der Waals surface area contributed by atoms with Gasteiger partial charge in [0.05, 0.1) is 27.6 Å². The minimum Gasteiger partial charge on any atom is -0.346 e. The van der Waals surface area contributed by atoms with Crippen molar-refractivity contribution in [1.29, 1.82) is 0 Å². The zero-order valence-corrected chi connectivity index (χ0v) is 16.6. The van der Waals surface area contributed by atoms with Crippen molar-refractivity contribution in [3.63, 3.8) is 0 Å². The third kappa shape index (κ3) is 4.67. The van der Waals surface area contributed by atoms with E-state index in [1.165, 1.54) is 30.5 Å². The van der Waals surface area contributed by atoms with Crippen LogP contribution in [0, 0.1) is 6.92 Å². The van der Waals surface area contributed by atoms with E-state index in [4.69, 9.17) is 0 Å². The molecule has 0 atom stereocenters. The Kier molecular flexibility index (Phi) is 6.04. The first-order valence-electron chi connectivity index (χ1n) is 8.79. The predicted molar refractivity (Wildman–Crippen MR) is 109 cm³/mol. The number of rotatable bonds is 7. The molecule has 1 aromatic carbocycles. The molecule has 3 aromatic rings. The number of aromatic nitrogens is 3. The molecule has 0 fully saturated rings. The minimum absolute atomic E-state index is 0.0982. The molecule has 0 bridgehead atoms. The highest BCUT2D eigenvalue weighted by atomic mass is 32.2. The van der Waals surface area contributed by atoms with Gasteiger partial charge < -0.3 is 9.88 Å². The Labute approximate surface area is 169 Å². The molecular weight excluding hydrogens is 388 g/mol. The molecule has 0 saturated heterocycles. The van der Waals surface area contributed by atoms with Crippen LogP contribution >= 0.6 is 0 Å². The molecule has 0 radical (unpaired) electrons. The van der Waals surface area contributed by atoms with E-state index in [1.807, 2.05) is 6.92 Å². The molecule has 0 aliphatic heterocycles. The van der Waals surface area contributed by atoms with Crippen LogP contribution in [0.1, 0.15) is 11.5 Å². The molecule has 3 rings (SSSR count). The maximum Gasteiger partial charge on any atom is 0.253 e. The van der Waals surface area contributed by atoms with Crippen LogP contribution in [0.2, 0.25) is 0 Å². The van der Waals surface area contributed by atoms with Crippen molar-refractivity contribution >= 4 is 21.9 Å². The average Bonchev–Trinajstić information content (AvgIpc) is 3.15. The van der Waals surface area contributed by atoms with Crippen LogP contribution in [-0.2, 0) is 21.2 Å². The maximum atomic E-state index is 12.6. The highest BCUT2D eigenvalue weighted by molar-refractivity contribution is 7.91. The quantitative estimate of drug-likeness (QED) is 0.479. The van der Waals surface area contributed by atoms with Gasteiger partial charge in [-0.15, -0.1) is 0 Å². The highest BCUT2D eigenvalue weighted by Crippen LogP contribution is 2.19. The largest absolute Gasteiger partial charge is 0.346 e. The standard InChI is InChI=1S/C21H20N4O3S/c1-3-17(15-25-12-11-22-16(25)2)21(26)24-13-18-9-10-20(14-23-18)29(27,28)19-7-5-4-6-8-19/h3-12,14-15H,1,13H2,2H3,(H,24,26). The van der Waals surface area contributed by atoms with Gasteiger partial charge in [-0.2, -0.15) is 0 Å². The summed E-state index contributed by atoms with van der Waals surface area (Å²) in [6, 6.07) is 11.2. The molecule has 7 nitrogen and oxygen atoms in total. The fourth-order valence-corrected chi connectivity index (χ4v) is 3.79. The van der Waals surface area contributed by atoms with E-state index in [1.54, 1.807) is 47.4 Å². The molecule has 0 aliphatic rings. The Morgan fingerprint density at radius 3 is 2.48 bits per heavy atom. The van der Waals surface area contributed by atoms with E-state index >= 15 is 0 Å². The lowest BCUT2D eigenvalue weighted by Gasteiger charge is -2.08. The molecule has 2 heterocycles. The second-order valence-corrected chi connectivity index (χ2v) is 8.10. The van der Waals surface area contributed by atoms with Crippen LogP contribution in [0.25, 0.3) is 6.20 Å². The number of benzene rings is 1. The van der Waals surface area contributed by atoms with Crippen molar-refractivity contribution in [3.05, 3.63) is 90.8 Å². The first kappa shape index (κ1) is 20.2. The second-order valence-electron chi connectivity index (χ2n) is 6.15. The second kappa shape index (κ2) is 8.66. The number of aryl methyl sites for hydroxylation is 1. The van der Waals surface area contributed by atoms with Gasteiger partial charge in [-0.1, -0.05) is 30.9 Å². The van der Waals surface area contributed by atoms with Gasteiger partial charge in [0.25, 0.3) is 5.91 Å². The first-order chi connectivity index (χ1) is 13.9. The number of hydrogen-bond acceptors (Lipinski definition) is 5. The Balaban J connectivity index is 1.69. The zero-order chi connectivity index (χ0) is 20.9. The molecule has 8 heteroatoms. The highest BCUT2D eigenvalue weighted by Gasteiger charge is 2.17. The molecule has 29 heavy (non-hydrogen) atoms. The van der Waals surface area contributed by atoms with E-state index in [0.717, 1.165) is 5.82 Å². The fourth-order valence-electron chi connectivity index (χ4n) is 2.56. The number of imidazole rings is 1. The molecule has 1 amide bonds. The number of pyridine rings is 1. The van der Waals surface area contributed by atoms with E-state index in [0.29, 0.717) is 11.3 Å². The Bertz CT molecular complexity index is 1150. The molecule has 0 aliphatic carbocycles. The van der Waals surface area contributed by atoms with Gasteiger partial charge in [0.2, 0.25) is 9.84 Å². The number of nitrogens with one attached hydrogen (secondary N) is 1. The zero-order valence-electron chi connectivity index (χ0n) is 15.8. The predicted octanol–water partition coefficient (Wildman–Crippen LogP) is 2.76. The van der Waals surface area contributed by atoms with Crippen LogP contribution in [0.5, 0.6) is 0 Å². The van der Waals surface area contributed by atoms with Crippen molar-refractivity contribution in [2.75, 3.05) is 0 Å². The summed E-state index contributed by atoms with van der Waals surface area (Å²) >= 11 is 0. The van der Waals surface area contributed by atoms with Crippen LogP contribution in [0.15, 0.2) is 89.1 Å². The molecule has 148 valence electrons. The lowest BCUT2D eigenvalue weighted by molar-refractivity contribution is -0.117. The molecule has 0 unspecified atom stereocenters.